The Bertz CT molecular complexity index is 1010. The molecule has 0 spiro atoms. The monoisotopic (exact) mass is 512 g/mol. The molecule has 1 atom stereocenters. The number of hydrogen-bond donors (Lipinski definition) is 1. The number of carboxylic acids is 1. The summed E-state index contributed by atoms with van der Waals surface area (Å²) in [6.07, 6.45) is 1.07. The van der Waals surface area contributed by atoms with Crippen molar-refractivity contribution in [1.82, 2.24) is 0 Å². The Labute approximate surface area is 207 Å². The minimum Gasteiger partial charge on any atom is -0.487 e. The number of aryl methyl sites for hydroxylation is 1. The van der Waals surface area contributed by atoms with Crippen LogP contribution in [0.4, 0.5) is 13.2 Å². The zero-order valence-corrected chi connectivity index (χ0v) is 21.5. The number of carbonyl (C=O) groups is 1. The number of thioether (sulfide) groups is 1. The Kier molecular flexibility index (Phi) is 10.8. The maximum atomic E-state index is 12.8. The minimum absolute atomic E-state index is 0.321. The number of ether oxygens (including phenoxy) is 1. The molecule has 1 N–H and O–H groups in total. The lowest BCUT2D eigenvalue weighted by Crippen LogP contribution is -2.06. The van der Waals surface area contributed by atoms with Gasteiger partial charge in [0, 0.05) is 27.7 Å². The minimum atomic E-state index is -4.32. The molecule has 3 nitrogen and oxygen atoms in total. The third-order valence-corrected chi connectivity index (χ3v) is 8.05. The number of benzene rings is 1. The van der Waals surface area contributed by atoms with Crippen LogP contribution in [0.15, 0.2) is 53.8 Å². The lowest BCUT2D eigenvalue weighted by molar-refractivity contribution is -0.141. The summed E-state index contributed by atoms with van der Waals surface area (Å²) in [5.74, 6) is 1.87. The molecule has 0 aliphatic rings. The highest BCUT2D eigenvalue weighted by molar-refractivity contribution is 7.99. The standard InChI is InChI=1S/C26H31F3O3S2/c1-5-22(32-14-24(30)31)8-6-7-17(2)15-33-16-19(4)25-18(3)13-23(34-25)20-9-11-21(12-10-20)26(27,28)29/h7-13,19H,5-6,14-16H2,1-4H3,(H,30,31)/b17-7+,22-8+. The summed E-state index contributed by atoms with van der Waals surface area (Å²) >= 11 is 3.49. The second-order valence-electron chi connectivity index (χ2n) is 8.14. The molecule has 0 saturated carbocycles. The number of hydrogen-bond acceptors (Lipinski definition) is 4. The van der Waals surface area contributed by atoms with Crippen LogP contribution in [0.25, 0.3) is 10.4 Å². The summed E-state index contributed by atoms with van der Waals surface area (Å²) in [4.78, 5) is 12.9. The van der Waals surface area contributed by atoms with Crippen LogP contribution in [0.5, 0.6) is 0 Å². The van der Waals surface area contributed by atoms with Crippen molar-refractivity contribution in [3.05, 3.63) is 69.8 Å². The molecule has 1 heterocycles. The molecule has 1 unspecified atom stereocenters. The summed E-state index contributed by atoms with van der Waals surface area (Å²) in [5, 5.41) is 8.71. The van der Waals surface area contributed by atoms with E-state index < -0.39 is 17.7 Å². The van der Waals surface area contributed by atoms with Crippen molar-refractivity contribution in [3.8, 4) is 10.4 Å². The Morgan fingerprint density at radius 3 is 2.50 bits per heavy atom. The number of carboxylic acid groups (broad SMARTS) is 1. The van der Waals surface area contributed by atoms with Crippen molar-refractivity contribution in [2.24, 2.45) is 0 Å². The lowest BCUT2D eigenvalue weighted by atomic mass is 10.1. The van der Waals surface area contributed by atoms with Crippen molar-refractivity contribution >= 4 is 29.1 Å². The molecule has 1 aromatic heterocycles. The molecule has 186 valence electrons. The molecule has 2 rings (SSSR count). The number of thiophene rings is 1. The summed E-state index contributed by atoms with van der Waals surface area (Å²) in [7, 11) is 0. The molecule has 0 aliphatic heterocycles. The number of halogens is 3. The molecule has 1 aromatic carbocycles. The van der Waals surface area contributed by atoms with Gasteiger partial charge in [0.25, 0.3) is 0 Å². The van der Waals surface area contributed by atoms with E-state index in [2.05, 4.69) is 32.9 Å². The molecule has 0 radical (unpaired) electrons. The van der Waals surface area contributed by atoms with E-state index in [0.717, 1.165) is 34.1 Å². The van der Waals surface area contributed by atoms with Gasteiger partial charge in [0.1, 0.15) is 0 Å². The van der Waals surface area contributed by atoms with E-state index >= 15 is 0 Å². The zero-order chi connectivity index (χ0) is 25.3. The van der Waals surface area contributed by atoms with Gasteiger partial charge in [0.2, 0.25) is 0 Å². The average molecular weight is 513 g/mol. The van der Waals surface area contributed by atoms with Crippen LogP contribution in [-0.2, 0) is 15.7 Å². The second-order valence-corrected chi connectivity index (χ2v) is 10.3. The van der Waals surface area contributed by atoms with E-state index in [1.807, 2.05) is 24.8 Å². The number of alkyl halides is 3. The predicted molar refractivity (Wildman–Crippen MR) is 136 cm³/mol. The van der Waals surface area contributed by atoms with Crippen LogP contribution in [0.3, 0.4) is 0 Å². The van der Waals surface area contributed by atoms with Crippen LogP contribution in [-0.4, -0.2) is 29.2 Å². The van der Waals surface area contributed by atoms with Gasteiger partial charge in [-0.1, -0.05) is 37.6 Å². The van der Waals surface area contributed by atoms with E-state index in [4.69, 9.17) is 9.84 Å². The maximum Gasteiger partial charge on any atom is 0.416 e. The summed E-state index contributed by atoms with van der Waals surface area (Å²) in [5.41, 5.74) is 2.58. The first-order chi connectivity index (χ1) is 16.0. The normalized spacial score (nSPS) is 13.7. The van der Waals surface area contributed by atoms with Gasteiger partial charge in [-0.15, -0.1) is 11.3 Å². The Hall–Kier alpha value is -2.19. The highest BCUT2D eigenvalue weighted by atomic mass is 32.2. The highest BCUT2D eigenvalue weighted by Gasteiger charge is 2.30. The van der Waals surface area contributed by atoms with E-state index in [1.165, 1.54) is 28.1 Å². The largest absolute Gasteiger partial charge is 0.487 e. The van der Waals surface area contributed by atoms with Gasteiger partial charge in [-0.2, -0.15) is 24.9 Å². The third-order valence-electron chi connectivity index (χ3n) is 5.14. The molecular formula is C26H31F3O3S2. The van der Waals surface area contributed by atoms with Crippen LogP contribution in [0.2, 0.25) is 0 Å². The number of rotatable bonds is 12. The van der Waals surface area contributed by atoms with Gasteiger partial charge in [0.15, 0.2) is 6.61 Å². The quantitative estimate of drug-likeness (QED) is 0.229. The Morgan fingerprint density at radius 2 is 1.91 bits per heavy atom. The smallest absolute Gasteiger partial charge is 0.416 e. The van der Waals surface area contributed by atoms with Crippen molar-refractivity contribution in [3.63, 3.8) is 0 Å². The van der Waals surface area contributed by atoms with Gasteiger partial charge >= 0.3 is 12.1 Å². The van der Waals surface area contributed by atoms with E-state index in [-0.39, 0.29) is 6.61 Å². The molecule has 0 fully saturated rings. The molecular weight excluding hydrogens is 481 g/mol. The highest BCUT2D eigenvalue weighted by Crippen LogP contribution is 2.38. The number of aliphatic carboxylic acids is 1. The van der Waals surface area contributed by atoms with Crippen LogP contribution < -0.4 is 0 Å². The average Bonchev–Trinajstić information content (AvgIpc) is 3.17. The molecule has 8 heteroatoms. The van der Waals surface area contributed by atoms with E-state index in [0.29, 0.717) is 24.5 Å². The van der Waals surface area contributed by atoms with Gasteiger partial charge in [-0.05, 0) is 61.6 Å². The van der Waals surface area contributed by atoms with Crippen LogP contribution >= 0.6 is 23.1 Å². The van der Waals surface area contributed by atoms with Crippen molar-refractivity contribution < 1.29 is 27.8 Å². The summed E-state index contributed by atoms with van der Waals surface area (Å²) < 4.78 is 43.7. The van der Waals surface area contributed by atoms with Gasteiger partial charge in [-0.25, -0.2) is 4.79 Å². The second kappa shape index (κ2) is 13.0. The molecule has 0 bridgehead atoms. The lowest BCUT2D eigenvalue weighted by Gasteiger charge is -2.11. The van der Waals surface area contributed by atoms with Gasteiger partial charge < -0.3 is 9.84 Å². The van der Waals surface area contributed by atoms with Gasteiger partial charge in [0.05, 0.1) is 11.3 Å². The first kappa shape index (κ1) is 28.1. The fraction of sp³-hybridized carbons (Fsp3) is 0.423. The van der Waals surface area contributed by atoms with Crippen LogP contribution in [0.1, 0.15) is 55.5 Å². The first-order valence-corrected chi connectivity index (χ1v) is 13.0. The Morgan fingerprint density at radius 1 is 1.24 bits per heavy atom. The topological polar surface area (TPSA) is 46.5 Å². The van der Waals surface area contributed by atoms with Gasteiger partial charge in [-0.3, -0.25) is 0 Å². The van der Waals surface area contributed by atoms with Crippen LogP contribution in [0, 0.1) is 6.92 Å². The first-order valence-electron chi connectivity index (χ1n) is 11.1. The maximum absolute atomic E-state index is 12.8. The predicted octanol–water partition coefficient (Wildman–Crippen LogP) is 8.31. The van der Waals surface area contributed by atoms with Crippen molar-refractivity contribution in [2.75, 3.05) is 18.1 Å². The molecule has 34 heavy (non-hydrogen) atoms. The third kappa shape index (κ3) is 8.87. The summed E-state index contributed by atoms with van der Waals surface area (Å²) in [6, 6.07) is 7.40. The fourth-order valence-electron chi connectivity index (χ4n) is 3.33. The molecule has 0 saturated heterocycles. The number of allylic oxidation sites excluding steroid dienone is 3. The van der Waals surface area contributed by atoms with E-state index in [9.17, 15) is 18.0 Å². The van der Waals surface area contributed by atoms with Crippen molar-refractivity contribution in [1.29, 1.82) is 0 Å². The zero-order valence-electron chi connectivity index (χ0n) is 19.9. The molecule has 2 aromatic rings. The van der Waals surface area contributed by atoms with E-state index in [1.54, 1.807) is 11.3 Å². The molecule has 0 amide bonds. The fourth-order valence-corrected chi connectivity index (χ4v) is 5.75. The Balaban J connectivity index is 1.89. The SMILES string of the molecule is CC/C(=C\C/C=C(\C)CSCC(C)c1sc(-c2ccc(C(F)(F)F)cc2)cc1C)OCC(=O)O. The van der Waals surface area contributed by atoms with Crippen molar-refractivity contribution in [2.45, 2.75) is 52.6 Å². The summed E-state index contributed by atoms with van der Waals surface area (Å²) in [6.45, 7) is 7.91. The molecule has 0 aliphatic carbocycles.